The first-order valence-electron chi connectivity index (χ1n) is 8.73. The summed E-state index contributed by atoms with van der Waals surface area (Å²) in [4.78, 5) is 12.1. The smallest absolute Gasteiger partial charge is 0.457 e. The van der Waals surface area contributed by atoms with Gasteiger partial charge in [-0.15, -0.1) is 0 Å². The summed E-state index contributed by atoms with van der Waals surface area (Å²) in [5, 5.41) is 3.19. The summed E-state index contributed by atoms with van der Waals surface area (Å²) in [6.45, 7) is 14.9. The van der Waals surface area contributed by atoms with Gasteiger partial charge in [0.25, 0.3) is 0 Å². The number of hydrogen-bond acceptors (Lipinski definition) is 5. The Balaban J connectivity index is 1.72. The van der Waals surface area contributed by atoms with E-state index in [0.29, 0.717) is 5.92 Å². The van der Waals surface area contributed by atoms with E-state index >= 15 is 0 Å². The summed E-state index contributed by atoms with van der Waals surface area (Å²) >= 11 is 0. The third kappa shape index (κ3) is 4.49. The summed E-state index contributed by atoms with van der Waals surface area (Å²) in [5.74, 6) is 0.219. The number of nitrogens with one attached hydrogen (secondary N) is 1. The maximum Gasteiger partial charge on any atom is 0.457 e. The maximum absolute atomic E-state index is 12.1. The highest BCUT2D eigenvalue weighted by Crippen LogP contribution is 2.38. The van der Waals surface area contributed by atoms with Crippen LogP contribution in [0.2, 0.25) is 6.32 Å². The molecule has 1 N–H and O–H groups in total. The van der Waals surface area contributed by atoms with Crippen molar-refractivity contribution in [1.82, 2.24) is 5.32 Å². The third-order valence-electron chi connectivity index (χ3n) is 5.05. The molecule has 23 heavy (non-hydrogen) atoms. The molecule has 0 amide bonds. The van der Waals surface area contributed by atoms with E-state index in [1.54, 1.807) is 0 Å². The van der Waals surface area contributed by atoms with Crippen LogP contribution in [0.15, 0.2) is 0 Å². The minimum absolute atomic E-state index is 0.135. The second-order valence-electron chi connectivity index (χ2n) is 8.80. The zero-order chi connectivity index (χ0) is 17.5. The van der Waals surface area contributed by atoms with Crippen LogP contribution in [0.25, 0.3) is 0 Å². The number of rotatable bonds is 5. The summed E-state index contributed by atoms with van der Waals surface area (Å²) in [6, 6.07) is -0.160. The predicted octanol–water partition coefficient (Wildman–Crippen LogP) is 2.79. The SMILES string of the molecule is CC(C)(C)OC(=O)C1NCC1CCCB1OC(C)(C)C(C)(C)O1. The highest BCUT2D eigenvalue weighted by Gasteiger charge is 2.50. The molecule has 6 heteroatoms. The van der Waals surface area contributed by atoms with Crippen LogP contribution in [-0.4, -0.2) is 42.5 Å². The minimum Gasteiger partial charge on any atom is -0.459 e. The van der Waals surface area contributed by atoms with Crippen molar-refractivity contribution in [3.63, 3.8) is 0 Å². The molecule has 2 heterocycles. The highest BCUT2D eigenvalue weighted by molar-refractivity contribution is 6.45. The number of hydrogen-bond donors (Lipinski definition) is 1. The van der Waals surface area contributed by atoms with E-state index in [1.807, 2.05) is 20.8 Å². The van der Waals surface area contributed by atoms with Crippen LogP contribution in [-0.2, 0) is 18.8 Å². The highest BCUT2D eigenvalue weighted by atomic mass is 16.7. The van der Waals surface area contributed by atoms with E-state index in [1.165, 1.54) is 0 Å². The van der Waals surface area contributed by atoms with Gasteiger partial charge in [-0.1, -0.05) is 6.42 Å². The molecule has 2 rings (SSSR count). The van der Waals surface area contributed by atoms with Gasteiger partial charge in [-0.25, -0.2) is 0 Å². The summed E-state index contributed by atoms with van der Waals surface area (Å²) in [6.07, 6.45) is 2.84. The molecule has 0 saturated carbocycles. The average Bonchev–Trinajstić information content (AvgIpc) is 2.49. The molecule has 0 aromatic heterocycles. The standard InChI is InChI=1S/C17H32BNO4/c1-15(2,3)21-14(20)13-12(11-19-13)9-8-10-18-22-16(4,5)17(6,7)23-18/h12-13,19H,8-11H2,1-7H3. The lowest BCUT2D eigenvalue weighted by Gasteiger charge is -2.37. The fourth-order valence-electron chi connectivity index (χ4n) is 2.94. The molecule has 0 bridgehead atoms. The second kappa shape index (κ2) is 6.38. The Morgan fingerprint density at radius 1 is 1.22 bits per heavy atom. The lowest BCUT2D eigenvalue weighted by molar-refractivity contribution is -0.162. The third-order valence-corrected chi connectivity index (χ3v) is 5.05. The molecule has 2 aliphatic heterocycles. The fraction of sp³-hybridized carbons (Fsp3) is 0.941. The molecular formula is C17H32BNO4. The Hall–Kier alpha value is -0.585. The van der Waals surface area contributed by atoms with Crippen molar-refractivity contribution in [3.05, 3.63) is 0 Å². The molecule has 2 aliphatic rings. The monoisotopic (exact) mass is 325 g/mol. The van der Waals surface area contributed by atoms with Gasteiger partial charge in [0.15, 0.2) is 0 Å². The summed E-state index contributed by atoms with van der Waals surface area (Å²) in [5.41, 5.74) is -0.967. The second-order valence-corrected chi connectivity index (χ2v) is 8.80. The first-order chi connectivity index (χ1) is 10.4. The van der Waals surface area contributed by atoms with Crippen LogP contribution in [0.4, 0.5) is 0 Å². The fourth-order valence-corrected chi connectivity index (χ4v) is 2.94. The number of ether oxygens (including phenoxy) is 1. The molecule has 0 aromatic carbocycles. The molecule has 5 nitrogen and oxygen atoms in total. The molecule has 0 spiro atoms. The van der Waals surface area contributed by atoms with E-state index in [0.717, 1.165) is 25.7 Å². The van der Waals surface area contributed by atoms with Crippen LogP contribution in [0, 0.1) is 5.92 Å². The lowest BCUT2D eigenvalue weighted by Crippen LogP contribution is -2.58. The van der Waals surface area contributed by atoms with Crippen molar-refractivity contribution in [1.29, 1.82) is 0 Å². The van der Waals surface area contributed by atoms with Gasteiger partial charge in [0.05, 0.1) is 11.2 Å². The topological polar surface area (TPSA) is 56.8 Å². The summed E-state index contributed by atoms with van der Waals surface area (Å²) < 4.78 is 17.5. The summed E-state index contributed by atoms with van der Waals surface area (Å²) in [7, 11) is -0.145. The van der Waals surface area contributed by atoms with Gasteiger partial charge in [-0.3, -0.25) is 4.79 Å². The van der Waals surface area contributed by atoms with Gasteiger partial charge >= 0.3 is 13.1 Å². The Morgan fingerprint density at radius 2 is 1.78 bits per heavy atom. The van der Waals surface area contributed by atoms with Crippen molar-refractivity contribution in [2.24, 2.45) is 5.92 Å². The van der Waals surface area contributed by atoms with E-state index in [4.69, 9.17) is 14.0 Å². The first kappa shape index (κ1) is 18.7. The van der Waals surface area contributed by atoms with Gasteiger partial charge in [0.2, 0.25) is 0 Å². The van der Waals surface area contributed by atoms with Gasteiger partial charge in [0, 0.05) is 6.54 Å². The van der Waals surface area contributed by atoms with Crippen molar-refractivity contribution in [2.45, 2.75) is 90.5 Å². The average molecular weight is 325 g/mol. The van der Waals surface area contributed by atoms with Crippen LogP contribution in [0.5, 0.6) is 0 Å². The van der Waals surface area contributed by atoms with Crippen LogP contribution >= 0.6 is 0 Å². The van der Waals surface area contributed by atoms with Gasteiger partial charge in [-0.2, -0.15) is 0 Å². The lowest BCUT2D eigenvalue weighted by atomic mass is 9.78. The Morgan fingerprint density at radius 3 is 2.22 bits per heavy atom. The van der Waals surface area contributed by atoms with Crippen molar-refractivity contribution < 1.29 is 18.8 Å². The van der Waals surface area contributed by atoms with Crippen molar-refractivity contribution in [3.8, 4) is 0 Å². The van der Waals surface area contributed by atoms with Crippen molar-refractivity contribution in [2.75, 3.05) is 6.54 Å². The minimum atomic E-state index is -0.429. The molecule has 0 aromatic rings. The largest absolute Gasteiger partial charge is 0.459 e. The Bertz CT molecular complexity index is 428. The van der Waals surface area contributed by atoms with Crippen LogP contribution in [0.3, 0.4) is 0 Å². The number of carbonyl (C=O) groups excluding carboxylic acids is 1. The molecule has 2 fully saturated rings. The molecule has 132 valence electrons. The zero-order valence-electron chi connectivity index (χ0n) is 15.7. The number of carbonyl (C=O) groups is 1. The quantitative estimate of drug-likeness (QED) is 0.622. The number of esters is 1. The molecular weight excluding hydrogens is 293 g/mol. The Labute approximate surface area is 141 Å². The van der Waals surface area contributed by atoms with Gasteiger partial charge < -0.3 is 19.4 Å². The van der Waals surface area contributed by atoms with E-state index in [2.05, 4.69) is 33.0 Å². The zero-order valence-corrected chi connectivity index (χ0v) is 15.7. The normalized spacial score (nSPS) is 29.3. The molecule has 0 aliphatic carbocycles. The van der Waals surface area contributed by atoms with E-state index < -0.39 is 5.60 Å². The Kier molecular flexibility index (Phi) is 5.20. The molecule has 2 atom stereocenters. The van der Waals surface area contributed by atoms with E-state index in [-0.39, 0.29) is 30.3 Å². The van der Waals surface area contributed by atoms with Gasteiger partial charge in [0.1, 0.15) is 11.6 Å². The van der Waals surface area contributed by atoms with E-state index in [9.17, 15) is 4.79 Å². The van der Waals surface area contributed by atoms with Gasteiger partial charge in [-0.05, 0) is 67.1 Å². The molecule has 2 unspecified atom stereocenters. The van der Waals surface area contributed by atoms with Crippen molar-refractivity contribution >= 4 is 13.1 Å². The maximum atomic E-state index is 12.1. The van der Waals surface area contributed by atoms with Crippen LogP contribution in [0.1, 0.15) is 61.3 Å². The predicted molar refractivity (Wildman–Crippen MR) is 91.2 cm³/mol. The van der Waals surface area contributed by atoms with Crippen LogP contribution < -0.4 is 5.32 Å². The first-order valence-corrected chi connectivity index (χ1v) is 8.73. The molecule has 0 radical (unpaired) electrons. The molecule has 2 saturated heterocycles.